The minimum atomic E-state index is -0.841. The predicted octanol–water partition coefficient (Wildman–Crippen LogP) is 34.0. The van der Waals surface area contributed by atoms with Crippen LogP contribution < -0.4 is 0 Å². The summed E-state index contributed by atoms with van der Waals surface area (Å²) >= 11 is 9.75. The lowest BCUT2D eigenvalue weighted by atomic mass is 9.64. The molecule has 6 nitrogen and oxygen atoms in total. The van der Waals surface area contributed by atoms with E-state index < -0.39 is 16.2 Å². The molecular weight excluding hydrogens is 1640 g/mol. The molecule has 6 aliphatic rings. The van der Waals surface area contributed by atoms with Crippen molar-refractivity contribution < 1.29 is 9.59 Å². The summed E-state index contributed by atoms with van der Waals surface area (Å²) in [5.41, 5.74) is 23.4. The average molecular weight is 1750 g/mol. The van der Waals surface area contributed by atoms with Crippen molar-refractivity contribution in [1.29, 1.82) is 10.5 Å². The van der Waals surface area contributed by atoms with E-state index in [1.807, 2.05) is 23.2 Å². The quantitative estimate of drug-likeness (QED) is 0.0165. The number of thioether (sulfide) groups is 1. The van der Waals surface area contributed by atoms with Gasteiger partial charge in [0.2, 0.25) is 11.6 Å². The first-order valence-corrected chi connectivity index (χ1v) is 52.4. The van der Waals surface area contributed by atoms with E-state index in [1.165, 1.54) is 251 Å². The molecule has 2 unspecified atom stereocenters. The van der Waals surface area contributed by atoms with Crippen LogP contribution in [0.4, 0.5) is 0 Å². The van der Waals surface area contributed by atoms with Gasteiger partial charge in [0.1, 0.15) is 0 Å². The highest BCUT2D eigenvalue weighted by Gasteiger charge is 2.59. The first-order chi connectivity index (χ1) is 61.4. The fourth-order valence-corrected chi connectivity index (χ4v) is 29.4. The number of allylic oxidation sites excluding steroid dienone is 8. The molecule has 5 aliphatic carbocycles. The largest absolute Gasteiger partial charge is 0.288 e. The first-order valence-electron chi connectivity index (χ1n) is 47.3. The lowest BCUT2D eigenvalue weighted by Crippen LogP contribution is -2.34. The van der Waals surface area contributed by atoms with Crippen LogP contribution in [-0.2, 0) is 41.9 Å². The number of carbonyl (C=O) groups is 2. The summed E-state index contributed by atoms with van der Waals surface area (Å²) in [5.74, 6) is -0.356. The lowest BCUT2D eigenvalue weighted by molar-refractivity contribution is 0.103. The third-order valence-electron chi connectivity index (χ3n) is 28.4. The highest BCUT2D eigenvalue weighted by Crippen LogP contribution is 2.71. The minimum Gasteiger partial charge on any atom is -0.288 e. The highest BCUT2D eigenvalue weighted by atomic mass is 32.2. The third kappa shape index (κ3) is 16.1. The van der Waals surface area contributed by atoms with Gasteiger partial charge in [-0.1, -0.05) is 305 Å². The number of nitriles is 2. The normalized spacial score (nSPS) is 17.8. The number of fused-ring (bicyclic) bond motifs is 15. The average Bonchev–Trinajstić information content (AvgIpc) is 1.50. The van der Waals surface area contributed by atoms with E-state index in [1.54, 1.807) is 34.0 Å². The zero-order valence-electron chi connectivity index (χ0n) is 73.9. The van der Waals surface area contributed by atoms with Crippen LogP contribution in [0.25, 0.3) is 67.3 Å². The number of thiophene rings is 5. The number of rotatable bonds is 40. The Balaban J connectivity index is 0.939. The van der Waals surface area contributed by atoms with Crippen LogP contribution in [0.3, 0.4) is 0 Å². The second-order valence-electron chi connectivity index (χ2n) is 36.2. The first kappa shape index (κ1) is 87.7. The molecule has 0 N–H and O–H groups in total. The van der Waals surface area contributed by atoms with Gasteiger partial charge < -0.3 is 0 Å². The summed E-state index contributed by atoms with van der Waals surface area (Å²) in [6.07, 6.45) is 45.8. The van der Waals surface area contributed by atoms with Gasteiger partial charge in [0, 0.05) is 74.1 Å². The number of benzene rings is 6. The topological polar surface area (TPSA) is 90.4 Å². The van der Waals surface area contributed by atoms with Gasteiger partial charge in [-0.15, -0.1) is 68.4 Å². The molecule has 125 heavy (non-hydrogen) atoms. The van der Waals surface area contributed by atoms with E-state index >= 15 is 9.59 Å². The molecule has 6 aromatic carbocycles. The van der Waals surface area contributed by atoms with Crippen molar-refractivity contribution in [2.24, 2.45) is 5.92 Å². The van der Waals surface area contributed by atoms with Crippen molar-refractivity contribution in [3.63, 3.8) is 0 Å². The molecular formula is C113H116N4O2S6. The van der Waals surface area contributed by atoms with E-state index in [2.05, 4.69) is 220 Å². The predicted molar refractivity (Wildman–Crippen MR) is 532 cm³/mol. The van der Waals surface area contributed by atoms with Gasteiger partial charge in [-0.3, -0.25) is 9.59 Å². The van der Waals surface area contributed by atoms with Gasteiger partial charge in [-0.25, -0.2) is 20.2 Å². The molecule has 0 radical (unpaired) electrons. The molecule has 0 saturated heterocycles. The van der Waals surface area contributed by atoms with Crippen LogP contribution in [0.1, 0.15) is 353 Å². The van der Waals surface area contributed by atoms with Crippen molar-refractivity contribution in [1.82, 2.24) is 0 Å². The molecule has 17 rings (SSSR count). The number of unbranched alkanes of at least 4 members (excludes halogenated alkanes) is 22. The second kappa shape index (κ2) is 39.1. The SMILES string of the molecule is [C-]#[N+]/C(C#N)=C1/C(=C/c2cc3c(s2)-c2cc4c(cc2C3(c2ccc(CCCCCC)cc2)c2ccc(CCCCCC)cc2)-c2cc3c(cc2C4(CCCCCCCC)CCCCCCCC)C2SC(/C=C4/C(=O)c5sc6ccsc6c5/C4=C(\C#N)[N+]#[C-])=CC2C3(c2ccc(CCCCCC)cc2)c2ccc(CCCCCC)cc2)C(=O)c2sc3ccsc3c21. The van der Waals surface area contributed by atoms with E-state index in [-0.39, 0.29) is 34.1 Å². The molecule has 11 aromatic rings. The molecule has 0 saturated carbocycles. The molecule has 0 amide bonds. The number of carbonyl (C=O) groups excluding carboxylic acids is 2. The lowest BCUT2D eigenvalue weighted by Gasteiger charge is -2.38. The second-order valence-corrected chi connectivity index (χ2v) is 42.4. The fourth-order valence-electron chi connectivity index (χ4n) is 22.1. The monoisotopic (exact) mass is 1750 g/mol. The van der Waals surface area contributed by atoms with Gasteiger partial charge in [0.15, 0.2) is 0 Å². The van der Waals surface area contributed by atoms with Gasteiger partial charge in [-0.05, 0) is 218 Å². The van der Waals surface area contributed by atoms with E-state index in [4.69, 9.17) is 13.1 Å². The van der Waals surface area contributed by atoms with E-state index in [0.29, 0.717) is 32.0 Å². The fraction of sp³-hybridized carbons (Fsp3) is 0.398. The summed E-state index contributed by atoms with van der Waals surface area (Å²) < 4.78 is 3.92. The zero-order chi connectivity index (χ0) is 86.4. The Morgan fingerprint density at radius 3 is 1.24 bits per heavy atom. The Bertz CT molecular complexity index is 6060. The van der Waals surface area contributed by atoms with Crippen molar-refractivity contribution >= 4 is 116 Å². The zero-order valence-corrected chi connectivity index (χ0v) is 78.8. The maximum Gasteiger partial charge on any atom is 0.270 e. The van der Waals surface area contributed by atoms with Gasteiger partial charge in [-0.2, -0.15) is 0 Å². The number of hydrogen-bond acceptors (Lipinski definition) is 10. The smallest absolute Gasteiger partial charge is 0.270 e. The standard InChI is InChI=1S/C113H116N4O2S6/c1-9-15-21-27-29-35-59-111(60-36-30-28-22-16-10-2)89-69-85-91(112(77-49-41-73(42-50-77)37-31-23-17-11-3,78-51-43-74(44-52-78)38-32-24-18-12-4)93-65-81(122-105(85)93)63-87-99(95(71-114)116-7)101-107-97(57-61-120-107)124-109(101)103(87)118)67-83(89)84-68-92-86(70-90(84)111)106-94(66-82(123-106)64-88-100(96(72-115)117-8)102-108-98(58-62-121-108)125-110(102)104(88)119)113(92,79-53-45-75(46-54-79)39-33-25-19-13-5)80-55-47-76(48-56-80)40-34-26-20-14-6/h41-58,61-70,93,105H,9-40,59-60H2,1-6H3/b87-63+,88-64-,99-95+,100-96-. The molecule has 6 heterocycles. The maximum atomic E-state index is 15.4. The molecule has 12 heteroatoms. The molecule has 0 bridgehead atoms. The van der Waals surface area contributed by atoms with Crippen LogP contribution in [-0.4, -0.2) is 11.6 Å². The number of Topliss-reactive ketones (excluding diaryl/α,β-unsaturated/α-hetero) is 2. The number of ketones is 2. The number of nitrogens with zero attached hydrogens (tertiary/aromatic N) is 4. The highest BCUT2D eigenvalue weighted by molar-refractivity contribution is 8.03. The molecule has 0 fully saturated rings. The Labute approximate surface area is 767 Å². The maximum absolute atomic E-state index is 15.4. The summed E-state index contributed by atoms with van der Waals surface area (Å²) in [6, 6.07) is 61.3. The van der Waals surface area contributed by atoms with Gasteiger partial charge in [0.25, 0.3) is 11.4 Å². The Morgan fingerprint density at radius 2 is 0.808 bits per heavy atom. The Hall–Kier alpha value is -9.31. The van der Waals surface area contributed by atoms with Crippen LogP contribution >= 0.6 is 68.4 Å². The minimum absolute atomic E-state index is 0.0445. The number of aryl methyl sites for hydroxylation is 4. The van der Waals surface area contributed by atoms with Crippen LogP contribution in [0, 0.1) is 41.7 Å². The van der Waals surface area contributed by atoms with E-state index in [9.17, 15) is 10.5 Å². The van der Waals surface area contributed by atoms with Crippen LogP contribution in [0.2, 0.25) is 0 Å². The van der Waals surface area contributed by atoms with Crippen molar-refractivity contribution in [3.8, 4) is 33.7 Å². The van der Waals surface area contributed by atoms with Crippen molar-refractivity contribution in [2.45, 2.75) is 281 Å². The molecule has 5 aromatic heterocycles. The summed E-state index contributed by atoms with van der Waals surface area (Å²) in [7, 11) is 0. The van der Waals surface area contributed by atoms with E-state index in [0.717, 1.165) is 130 Å². The molecule has 0 spiro atoms. The van der Waals surface area contributed by atoms with Gasteiger partial charge in [0.05, 0.1) is 55.3 Å². The van der Waals surface area contributed by atoms with Crippen LogP contribution in [0.15, 0.2) is 190 Å². The van der Waals surface area contributed by atoms with Crippen LogP contribution in [0.5, 0.6) is 0 Å². The summed E-state index contributed by atoms with van der Waals surface area (Å²) in [6.45, 7) is 30.8. The third-order valence-corrected chi connectivity index (χ3v) is 35.3. The number of hydrogen-bond donors (Lipinski definition) is 0. The van der Waals surface area contributed by atoms with Crippen molar-refractivity contribution in [2.75, 3.05) is 0 Å². The van der Waals surface area contributed by atoms with Gasteiger partial charge >= 0.3 is 0 Å². The molecule has 636 valence electrons. The summed E-state index contributed by atoms with van der Waals surface area (Å²) in [5, 5.41) is 25.8. The molecule has 2 atom stereocenters. The Kier molecular flexibility index (Phi) is 27.5. The van der Waals surface area contributed by atoms with Crippen molar-refractivity contribution in [3.05, 3.63) is 316 Å². The Morgan fingerprint density at radius 1 is 0.416 bits per heavy atom. The molecule has 1 aliphatic heterocycles. The summed E-state index contributed by atoms with van der Waals surface area (Å²) in [4.78, 5) is 43.0.